The largest absolute Gasteiger partial charge is 0.338 e. The topological polar surface area (TPSA) is 6.48 Å². The lowest BCUT2D eigenvalue weighted by Gasteiger charge is -2.37. The van der Waals surface area contributed by atoms with Crippen molar-refractivity contribution in [1.29, 1.82) is 0 Å². The van der Waals surface area contributed by atoms with Crippen molar-refractivity contribution >= 4 is 34.0 Å². The summed E-state index contributed by atoms with van der Waals surface area (Å²) in [7, 11) is 0. The van der Waals surface area contributed by atoms with E-state index in [9.17, 15) is 0 Å². The molecule has 3 aliphatic rings. The fourth-order valence-electron chi connectivity index (χ4n) is 11.2. The molecule has 4 unspecified atom stereocenters. The number of fused-ring (bicyclic) bond motifs is 3. The van der Waals surface area contributed by atoms with Gasteiger partial charge in [0.1, 0.15) is 0 Å². The Labute approximate surface area is 402 Å². The molecule has 0 spiro atoms. The summed E-state index contributed by atoms with van der Waals surface area (Å²) in [6.07, 6.45) is 19.0. The van der Waals surface area contributed by atoms with Gasteiger partial charge in [0, 0.05) is 40.4 Å². The molecule has 0 aromatic heterocycles. The number of para-hydroxylation sites is 1. The predicted octanol–water partition coefficient (Wildman–Crippen LogP) is 18.5. The molecule has 0 saturated heterocycles. The van der Waals surface area contributed by atoms with Crippen molar-refractivity contribution in [3.63, 3.8) is 0 Å². The highest BCUT2D eigenvalue weighted by Crippen LogP contribution is 2.55. The van der Waals surface area contributed by atoms with E-state index in [1.807, 2.05) is 0 Å². The number of anilines is 5. The van der Waals surface area contributed by atoms with Crippen LogP contribution in [0.1, 0.15) is 114 Å². The molecule has 4 atom stereocenters. The van der Waals surface area contributed by atoms with Crippen molar-refractivity contribution in [2.75, 3.05) is 9.80 Å². The maximum atomic E-state index is 4.49. The summed E-state index contributed by atoms with van der Waals surface area (Å²) in [5.41, 5.74) is 19.0. The summed E-state index contributed by atoms with van der Waals surface area (Å²) in [6, 6.07) is 56.9. The number of hydrogen-bond acceptors (Lipinski definition) is 2. The standard InChI is InChI=1S/C65H68N2/c1-9-62(65(6,7)8)47(5)24-23-46(4)49-19-16-20-51(26-25-49)54-33-41-63-60(43-54)61-44-55(34-42-64(61)67(63)59-35-27-48(28-36-59)45(2)3)53-31-39-58(40-32-53)66(56-21-14-11-15-22-56)57-37-29-52(30-38-57)50-17-12-10-13-18-50/h10-15,17-33,35-41,43,45,55,61-62,64H,4-5,9,16,34,42,44H2,1-3,6-8H3/b24-23-. The van der Waals surface area contributed by atoms with Gasteiger partial charge in [-0.2, -0.15) is 0 Å². The Bertz CT molecular complexity index is 2810. The molecular formula is C65H68N2. The zero-order chi connectivity index (χ0) is 46.7. The van der Waals surface area contributed by atoms with Gasteiger partial charge in [0.05, 0.1) is 0 Å². The number of allylic oxidation sites excluding steroid dienone is 10. The third-order valence-corrected chi connectivity index (χ3v) is 14.8. The van der Waals surface area contributed by atoms with Gasteiger partial charge in [-0.05, 0) is 166 Å². The molecule has 6 aromatic carbocycles. The molecule has 0 bridgehead atoms. The van der Waals surface area contributed by atoms with Crippen molar-refractivity contribution in [2.24, 2.45) is 11.3 Å². The highest BCUT2D eigenvalue weighted by molar-refractivity contribution is 5.82. The van der Waals surface area contributed by atoms with Crippen LogP contribution < -0.4 is 9.80 Å². The van der Waals surface area contributed by atoms with E-state index in [4.69, 9.17) is 0 Å². The quantitative estimate of drug-likeness (QED) is 0.107. The minimum absolute atomic E-state index is 0.177. The Morgan fingerprint density at radius 2 is 1.31 bits per heavy atom. The van der Waals surface area contributed by atoms with Crippen LogP contribution >= 0.6 is 0 Å². The smallest absolute Gasteiger partial charge is 0.0462 e. The van der Waals surface area contributed by atoms with Crippen LogP contribution in [0.2, 0.25) is 0 Å². The van der Waals surface area contributed by atoms with E-state index >= 15 is 0 Å². The zero-order valence-electron chi connectivity index (χ0n) is 40.6. The highest BCUT2D eigenvalue weighted by Gasteiger charge is 2.43. The van der Waals surface area contributed by atoms with E-state index in [0.717, 1.165) is 49.1 Å². The predicted molar refractivity (Wildman–Crippen MR) is 289 cm³/mol. The molecule has 1 aliphatic heterocycles. The van der Waals surface area contributed by atoms with E-state index in [1.165, 1.54) is 67.2 Å². The highest BCUT2D eigenvalue weighted by atomic mass is 15.2. The molecule has 0 amide bonds. The Morgan fingerprint density at radius 3 is 1.97 bits per heavy atom. The Hall–Kier alpha value is -6.64. The molecule has 6 aromatic rings. The van der Waals surface area contributed by atoms with Crippen LogP contribution in [0.25, 0.3) is 16.7 Å². The molecule has 2 aliphatic carbocycles. The van der Waals surface area contributed by atoms with Gasteiger partial charge in [0.15, 0.2) is 0 Å². The molecule has 9 rings (SSSR count). The molecule has 0 N–H and O–H groups in total. The lowest BCUT2D eigenvalue weighted by Crippen LogP contribution is -2.34. The second-order valence-electron chi connectivity index (χ2n) is 20.4. The third-order valence-electron chi connectivity index (χ3n) is 14.8. The lowest BCUT2D eigenvalue weighted by atomic mass is 9.73. The molecule has 0 radical (unpaired) electrons. The van der Waals surface area contributed by atoms with Gasteiger partial charge >= 0.3 is 0 Å². The van der Waals surface area contributed by atoms with E-state index in [-0.39, 0.29) is 5.41 Å². The number of rotatable bonds is 13. The van der Waals surface area contributed by atoms with Gasteiger partial charge in [-0.15, -0.1) is 0 Å². The van der Waals surface area contributed by atoms with Crippen LogP contribution in [0.4, 0.5) is 28.4 Å². The van der Waals surface area contributed by atoms with Crippen molar-refractivity contribution < 1.29 is 0 Å². The fraction of sp³-hybridized carbons (Fsp3) is 0.262. The molecule has 2 heteroatoms. The van der Waals surface area contributed by atoms with Gasteiger partial charge in [0.25, 0.3) is 0 Å². The van der Waals surface area contributed by atoms with E-state index in [2.05, 4.69) is 253 Å². The number of nitrogens with zero attached hydrogens (tertiary/aromatic N) is 2. The summed E-state index contributed by atoms with van der Waals surface area (Å²) in [5.74, 6) is 1.83. The number of hydrogen-bond donors (Lipinski definition) is 0. The maximum absolute atomic E-state index is 4.49. The SMILES string of the molecule is C=C(/C=C\C(=C)C(CC)C(C)(C)C)C1=CCC=C(c2ccc3c(c2)C2CC(c4ccc(N(c5ccccc5)c5ccc(-c6ccccc6)cc5)cc4)CCC2N3c2ccc(C(C)C)cc2)C=C1. The van der Waals surface area contributed by atoms with E-state index < -0.39 is 0 Å². The summed E-state index contributed by atoms with van der Waals surface area (Å²) in [4.78, 5) is 5.05. The van der Waals surface area contributed by atoms with Gasteiger partial charge in [-0.25, -0.2) is 0 Å². The molecule has 338 valence electrons. The maximum Gasteiger partial charge on any atom is 0.0462 e. The first kappa shape index (κ1) is 45.5. The molecule has 1 fully saturated rings. The summed E-state index contributed by atoms with van der Waals surface area (Å²) in [5, 5.41) is 0. The van der Waals surface area contributed by atoms with Gasteiger partial charge in [-0.1, -0.05) is 188 Å². The summed E-state index contributed by atoms with van der Waals surface area (Å²) >= 11 is 0. The molecule has 67 heavy (non-hydrogen) atoms. The average molecular weight is 877 g/mol. The fourth-order valence-corrected chi connectivity index (χ4v) is 11.2. The second kappa shape index (κ2) is 19.7. The molecule has 2 nitrogen and oxygen atoms in total. The van der Waals surface area contributed by atoms with Crippen molar-refractivity contribution in [2.45, 2.75) is 97.4 Å². The normalized spacial score (nSPS) is 18.5. The van der Waals surface area contributed by atoms with Crippen LogP contribution in [0.5, 0.6) is 0 Å². The summed E-state index contributed by atoms with van der Waals surface area (Å²) < 4.78 is 0. The second-order valence-corrected chi connectivity index (χ2v) is 20.4. The van der Waals surface area contributed by atoms with Crippen LogP contribution in [0.15, 0.2) is 218 Å². The molecule has 1 saturated carbocycles. The zero-order valence-corrected chi connectivity index (χ0v) is 40.6. The Morgan fingerprint density at radius 1 is 0.687 bits per heavy atom. The first-order valence-corrected chi connectivity index (χ1v) is 24.8. The Kier molecular flexibility index (Phi) is 13.4. The average Bonchev–Trinajstić information content (AvgIpc) is 3.46. The first-order chi connectivity index (χ1) is 32.5. The van der Waals surface area contributed by atoms with Crippen molar-refractivity contribution in [3.05, 3.63) is 240 Å². The Balaban J connectivity index is 0.980. The van der Waals surface area contributed by atoms with Gasteiger partial charge in [-0.3, -0.25) is 0 Å². The molecule has 1 heterocycles. The van der Waals surface area contributed by atoms with E-state index in [0.29, 0.717) is 29.7 Å². The van der Waals surface area contributed by atoms with Gasteiger partial charge in [0.2, 0.25) is 0 Å². The van der Waals surface area contributed by atoms with Crippen LogP contribution in [0, 0.1) is 11.3 Å². The van der Waals surface area contributed by atoms with Gasteiger partial charge < -0.3 is 9.80 Å². The van der Waals surface area contributed by atoms with Crippen molar-refractivity contribution in [3.8, 4) is 11.1 Å². The lowest BCUT2D eigenvalue weighted by molar-refractivity contribution is 0.277. The third kappa shape index (κ3) is 9.77. The number of benzene rings is 6. The van der Waals surface area contributed by atoms with Crippen LogP contribution in [-0.4, -0.2) is 6.04 Å². The monoisotopic (exact) mass is 877 g/mol. The van der Waals surface area contributed by atoms with Crippen molar-refractivity contribution in [1.82, 2.24) is 0 Å². The minimum Gasteiger partial charge on any atom is -0.338 e. The van der Waals surface area contributed by atoms with Crippen LogP contribution in [0.3, 0.4) is 0 Å². The van der Waals surface area contributed by atoms with E-state index in [1.54, 1.807) is 0 Å². The summed E-state index contributed by atoms with van der Waals surface area (Å²) in [6.45, 7) is 22.7. The first-order valence-electron chi connectivity index (χ1n) is 24.8. The van der Waals surface area contributed by atoms with Crippen LogP contribution in [-0.2, 0) is 0 Å². The molecular weight excluding hydrogens is 809 g/mol. The minimum atomic E-state index is 0.177.